The summed E-state index contributed by atoms with van der Waals surface area (Å²) in [5, 5.41) is 4.47. The van der Waals surface area contributed by atoms with Crippen LogP contribution in [0.25, 0.3) is 5.70 Å². The van der Waals surface area contributed by atoms with Crippen molar-refractivity contribution in [2.45, 2.75) is 91.7 Å². The first kappa shape index (κ1) is 27.5. The summed E-state index contributed by atoms with van der Waals surface area (Å²) in [5.74, 6) is 2.59. The number of aryl methyl sites for hydroxylation is 3. The molecule has 7 nitrogen and oxygen atoms in total. The number of hydrogen-bond acceptors (Lipinski definition) is 6. The van der Waals surface area contributed by atoms with Crippen molar-refractivity contribution in [3.8, 4) is 0 Å². The second-order valence-corrected chi connectivity index (χ2v) is 10.3. The molecule has 1 aromatic heterocycles. The number of fused-ring (bicyclic) bond motifs is 1. The van der Waals surface area contributed by atoms with Crippen LogP contribution < -0.4 is 5.90 Å². The van der Waals surface area contributed by atoms with Crippen LogP contribution in [0.5, 0.6) is 0 Å². The third-order valence-electron chi connectivity index (χ3n) is 6.21. The Hall–Kier alpha value is -3.07. The zero-order valence-electron chi connectivity index (χ0n) is 22.0. The van der Waals surface area contributed by atoms with Crippen molar-refractivity contribution < 1.29 is 23.1 Å². The van der Waals surface area contributed by atoms with Crippen molar-refractivity contribution in [2.24, 2.45) is 10.9 Å². The Kier molecular flexibility index (Phi) is 8.03. The van der Waals surface area contributed by atoms with Gasteiger partial charge in [-0.15, -0.1) is 0 Å². The lowest BCUT2D eigenvalue weighted by Crippen LogP contribution is -2.28. The van der Waals surface area contributed by atoms with Crippen molar-refractivity contribution in [1.82, 2.24) is 9.78 Å². The molecule has 0 spiro atoms. The molecule has 0 aliphatic heterocycles. The fourth-order valence-corrected chi connectivity index (χ4v) is 4.57. The molecule has 1 aliphatic rings. The topological polar surface area (TPSA) is 91.7 Å². The molecule has 1 aliphatic carbocycles. The highest BCUT2D eigenvalue weighted by Crippen LogP contribution is 2.35. The number of rotatable bonds is 7. The maximum atomic E-state index is 14.0. The summed E-state index contributed by atoms with van der Waals surface area (Å²) in [6.45, 7) is 15.8. The minimum absolute atomic E-state index is 0.0398. The summed E-state index contributed by atoms with van der Waals surface area (Å²) in [6, 6.07) is 3.89. The lowest BCUT2D eigenvalue weighted by molar-refractivity contribution is -0.154. The van der Waals surface area contributed by atoms with E-state index in [1.807, 2.05) is 53.7 Å². The van der Waals surface area contributed by atoms with Crippen molar-refractivity contribution in [1.29, 1.82) is 0 Å². The Morgan fingerprint density at radius 2 is 1.92 bits per heavy atom. The number of nitrogens with two attached hydrogens (primary N) is 1. The van der Waals surface area contributed by atoms with Gasteiger partial charge in [0.1, 0.15) is 5.60 Å². The van der Waals surface area contributed by atoms with Crippen LogP contribution in [0.4, 0.5) is 8.78 Å². The molecule has 196 valence electrons. The van der Waals surface area contributed by atoms with E-state index in [0.29, 0.717) is 35.6 Å². The van der Waals surface area contributed by atoms with Gasteiger partial charge < -0.3 is 9.57 Å². The largest absolute Gasteiger partial charge is 0.460 e. The van der Waals surface area contributed by atoms with Gasteiger partial charge in [0, 0.05) is 36.2 Å². The Balaban J connectivity index is 1.85. The van der Waals surface area contributed by atoms with E-state index >= 15 is 0 Å². The third kappa shape index (κ3) is 6.37. The maximum Gasteiger partial charge on any atom is 0.306 e. The Morgan fingerprint density at radius 3 is 2.47 bits per heavy atom. The van der Waals surface area contributed by atoms with Crippen molar-refractivity contribution >= 4 is 17.6 Å². The van der Waals surface area contributed by atoms with E-state index in [-0.39, 0.29) is 37.6 Å². The van der Waals surface area contributed by atoms with Crippen molar-refractivity contribution in [3.63, 3.8) is 0 Å². The maximum absolute atomic E-state index is 14.0. The Labute approximate surface area is 211 Å². The van der Waals surface area contributed by atoms with Gasteiger partial charge in [-0.25, -0.2) is 13.8 Å². The normalized spacial score (nSPS) is 15.4. The minimum Gasteiger partial charge on any atom is -0.460 e. The second-order valence-electron chi connectivity index (χ2n) is 10.3. The highest BCUT2D eigenvalue weighted by Gasteiger charge is 2.38. The van der Waals surface area contributed by atoms with Crippen LogP contribution in [-0.2, 0) is 40.2 Å². The number of carbonyl (C=O) groups is 1. The highest BCUT2D eigenvalue weighted by atomic mass is 19.3. The molecular weight excluding hydrogens is 466 g/mol. The molecule has 0 atom stereocenters. The van der Waals surface area contributed by atoms with E-state index in [9.17, 15) is 13.6 Å². The van der Waals surface area contributed by atoms with Crippen LogP contribution in [0.3, 0.4) is 0 Å². The predicted octanol–water partition coefficient (Wildman–Crippen LogP) is 5.23. The molecule has 2 N–H and O–H groups in total. The van der Waals surface area contributed by atoms with Gasteiger partial charge in [0.25, 0.3) is 11.8 Å². The molecule has 9 heteroatoms. The number of carbonyl (C=O) groups excluding carboxylic acids is 1. The van der Waals surface area contributed by atoms with E-state index in [0.717, 1.165) is 22.3 Å². The van der Waals surface area contributed by atoms with Gasteiger partial charge in [0.05, 0.1) is 12.1 Å². The fourth-order valence-electron chi connectivity index (χ4n) is 4.57. The summed E-state index contributed by atoms with van der Waals surface area (Å²) < 4.78 is 35.0. The molecule has 0 bridgehead atoms. The molecule has 1 aromatic carbocycles. The van der Waals surface area contributed by atoms with E-state index in [1.165, 1.54) is 0 Å². The van der Waals surface area contributed by atoms with Gasteiger partial charge in [-0.1, -0.05) is 6.58 Å². The molecule has 0 unspecified atom stereocenters. The molecule has 2 aromatic rings. The molecule has 0 fully saturated rings. The molecule has 3 rings (SSSR count). The van der Waals surface area contributed by atoms with E-state index < -0.39 is 11.5 Å². The number of aliphatic imine (C=N–C) groups is 1. The van der Waals surface area contributed by atoms with Crippen LogP contribution >= 0.6 is 0 Å². The zero-order valence-corrected chi connectivity index (χ0v) is 22.0. The molecule has 0 amide bonds. The van der Waals surface area contributed by atoms with Crippen LogP contribution in [0.15, 0.2) is 23.7 Å². The molecule has 0 radical (unpaired) electrons. The minimum atomic E-state index is -2.76. The fraction of sp³-hybridized carbons (Fsp3) is 0.519. The lowest BCUT2D eigenvalue weighted by Gasteiger charge is -2.23. The quantitative estimate of drug-likeness (QED) is 0.242. The smallest absolute Gasteiger partial charge is 0.306 e. The number of alkyl halides is 2. The van der Waals surface area contributed by atoms with E-state index in [4.69, 9.17) is 15.5 Å². The summed E-state index contributed by atoms with van der Waals surface area (Å²) in [6.07, 6.45) is 0.379. The number of ether oxygens (including phenoxy) is 1. The first-order valence-electron chi connectivity index (χ1n) is 12.2. The molecule has 36 heavy (non-hydrogen) atoms. The monoisotopic (exact) mass is 502 g/mol. The van der Waals surface area contributed by atoms with Crippen LogP contribution in [-0.4, -0.2) is 33.2 Å². The standard InChI is InChI=1S/C27H36F2N4O3/c1-8-33-22-15-27(28,29)12-11-21(22)24(32-33)25(36-30)31-18(4)19-13-16(2)20(17(3)14-19)9-10-23(34)35-26(5,6)7/h13-14H,4,8-12,15,30H2,1-3,5-7H3. The van der Waals surface area contributed by atoms with Gasteiger partial charge in [0.2, 0.25) is 0 Å². The number of hydrogen-bond donors (Lipinski definition) is 1. The molecule has 1 heterocycles. The summed E-state index contributed by atoms with van der Waals surface area (Å²) >= 11 is 0. The summed E-state index contributed by atoms with van der Waals surface area (Å²) in [4.78, 5) is 21.7. The third-order valence-corrected chi connectivity index (χ3v) is 6.21. The van der Waals surface area contributed by atoms with E-state index in [1.54, 1.807) is 4.68 Å². The van der Waals surface area contributed by atoms with Gasteiger partial charge >= 0.3 is 5.97 Å². The van der Waals surface area contributed by atoms with Gasteiger partial charge in [0.15, 0.2) is 5.69 Å². The predicted molar refractivity (Wildman–Crippen MR) is 136 cm³/mol. The molecular formula is C27H36F2N4O3. The summed E-state index contributed by atoms with van der Waals surface area (Å²) in [7, 11) is 0. The first-order chi connectivity index (χ1) is 16.7. The average molecular weight is 503 g/mol. The average Bonchev–Trinajstić information content (AvgIpc) is 3.11. The first-order valence-corrected chi connectivity index (χ1v) is 12.2. The summed E-state index contributed by atoms with van der Waals surface area (Å²) in [5.41, 5.74) is 5.24. The Morgan fingerprint density at radius 1 is 1.28 bits per heavy atom. The molecule has 0 saturated carbocycles. The molecule has 0 saturated heterocycles. The number of aromatic nitrogens is 2. The van der Waals surface area contributed by atoms with Crippen molar-refractivity contribution in [2.75, 3.05) is 0 Å². The zero-order chi connectivity index (χ0) is 26.8. The highest BCUT2D eigenvalue weighted by molar-refractivity contribution is 5.97. The van der Waals surface area contributed by atoms with Gasteiger partial charge in [-0.05, 0) is 83.2 Å². The SMILES string of the molecule is C=C(N=C(ON)c1nn(CC)c2c1CCC(F)(F)C2)c1cc(C)c(CCC(=O)OC(C)(C)C)c(C)c1. The number of benzene rings is 1. The van der Waals surface area contributed by atoms with Crippen molar-refractivity contribution in [3.05, 3.63) is 57.9 Å². The van der Waals surface area contributed by atoms with E-state index in [2.05, 4.69) is 16.7 Å². The van der Waals surface area contributed by atoms with Crippen LogP contribution in [0, 0.1) is 13.8 Å². The van der Waals surface area contributed by atoms with Gasteiger partial charge in [-0.2, -0.15) is 11.0 Å². The number of halogens is 2. The van der Waals surface area contributed by atoms with Gasteiger partial charge in [-0.3, -0.25) is 9.48 Å². The Bertz CT molecular complexity index is 1170. The lowest BCUT2D eigenvalue weighted by atomic mass is 9.92. The van der Waals surface area contributed by atoms with Crippen LogP contribution in [0.1, 0.15) is 79.7 Å². The van der Waals surface area contributed by atoms with Crippen LogP contribution in [0.2, 0.25) is 0 Å². The number of esters is 1. The second kappa shape index (κ2) is 10.5. The number of nitrogens with zero attached hydrogens (tertiary/aromatic N) is 3.